The molecule has 1 aromatic carbocycles. The lowest BCUT2D eigenvalue weighted by molar-refractivity contribution is 0.474. The fourth-order valence-electron chi connectivity index (χ4n) is 4.92. The Morgan fingerprint density at radius 2 is 2.03 bits per heavy atom. The van der Waals surface area contributed by atoms with Crippen molar-refractivity contribution >= 4 is 22.7 Å². The highest BCUT2D eigenvalue weighted by molar-refractivity contribution is 5.77. The van der Waals surface area contributed by atoms with Crippen molar-refractivity contribution in [2.75, 3.05) is 11.9 Å². The molecule has 0 spiro atoms. The molecule has 4 heterocycles. The second-order valence-corrected chi connectivity index (χ2v) is 10.8. The SMILES string of the molecule is C#CCc1cc(Nc2ncc3c(=O)n(C(C)C)n(-c4ccnc(C(C)(C)C)c4)c3n2)cc2c1CCNC2. The summed E-state index contributed by atoms with van der Waals surface area (Å²) in [7, 11) is 0. The van der Waals surface area contributed by atoms with Crippen molar-refractivity contribution in [2.24, 2.45) is 0 Å². The number of nitrogens with one attached hydrogen (secondary N) is 2. The summed E-state index contributed by atoms with van der Waals surface area (Å²) in [5.74, 6) is 3.20. The molecule has 190 valence electrons. The van der Waals surface area contributed by atoms with Gasteiger partial charge in [0, 0.05) is 48.2 Å². The molecular weight excluding hydrogens is 462 g/mol. The van der Waals surface area contributed by atoms with E-state index in [1.54, 1.807) is 17.1 Å². The van der Waals surface area contributed by atoms with E-state index in [0.29, 0.717) is 23.4 Å². The Morgan fingerprint density at radius 3 is 2.76 bits per heavy atom. The van der Waals surface area contributed by atoms with Crippen molar-refractivity contribution in [3.05, 3.63) is 69.4 Å². The predicted octanol–water partition coefficient (Wildman–Crippen LogP) is 4.42. The highest BCUT2D eigenvalue weighted by Gasteiger charge is 2.22. The quantitative estimate of drug-likeness (QED) is 0.399. The Labute approximate surface area is 217 Å². The first-order valence-electron chi connectivity index (χ1n) is 12.7. The van der Waals surface area contributed by atoms with Crippen molar-refractivity contribution < 1.29 is 0 Å². The van der Waals surface area contributed by atoms with Crippen molar-refractivity contribution in [1.29, 1.82) is 0 Å². The molecule has 4 aromatic rings. The third-order valence-electron chi connectivity index (χ3n) is 6.72. The van der Waals surface area contributed by atoms with Crippen LogP contribution in [0.25, 0.3) is 16.7 Å². The average molecular weight is 496 g/mol. The lowest BCUT2D eigenvalue weighted by atomic mass is 9.91. The van der Waals surface area contributed by atoms with E-state index in [0.717, 1.165) is 42.1 Å². The number of fused-ring (bicyclic) bond motifs is 2. The Balaban J connectivity index is 1.64. The van der Waals surface area contributed by atoms with Gasteiger partial charge in [-0.25, -0.2) is 14.3 Å². The summed E-state index contributed by atoms with van der Waals surface area (Å²) in [6.07, 6.45) is 10.6. The van der Waals surface area contributed by atoms with Crippen LogP contribution < -0.4 is 16.2 Å². The standard InChI is InChI=1S/C29H33N7O/c1-7-8-19-13-21(14-20-16-30-11-10-23(19)20)33-28-32-17-24-26(34-28)36(35(18(2)3)27(24)37)22-9-12-31-25(15-22)29(4,5)6/h1,9,12-15,17-18,30H,8,10-11,16H2,2-6H3,(H,32,33,34). The van der Waals surface area contributed by atoms with E-state index in [1.807, 2.05) is 30.7 Å². The minimum Gasteiger partial charge on any atom is -0.324 e. The van der Waals surface area contributed by atoms with Gasteiger partial charge >= 0.3 is 0 Å². The first kappa shape index (κ1) is 24.7. The Kier molecular flexibility index (Phi) is 6.34. The fourth-order valence-corrected chi connectivity index (χ4v) is 4.92. The molecule has 1 aliphatic rings. The molecule has 0 amide bonds. The van der Waals surface area contributed by atoms with Crippen molar-refractivity contribution in [3.8, 4) is 18.0 Å². The molecule has 0 saturated heterocycles. The molecule has 8 heteroatoms. The van der Waals surface area contributed by atoms with Gasteiger partial charge in [0.2, 0.25) is 5.95 Å². The second-order valence-electron chi connectivity index (χ2n) is 10.8. The van der Waals surface area contributed by atoms with Crippen LogP contribution in [0.5, 0.6) is 0 Å². The van der Waals surface area contributed by atoms with Gasteiger partial charge in [-0.1, -0.05) is 20.8 Å². The van der Waals surface area contributed by atoms with Gasteiger partial charge in [0.15, 0.2) is 5.65 Å². The largest absolute Gasteiger partial charge is 0.324 e. The van der Waals surface area contributed by atoms with Crippen LogP contribution in [0.2, 0.25) is 0 Å². The lowest BCUT2D eigenvalue weighted by Crippen LogP contribution is -2.24. The monoisotopic (exact) mass is 495 g/mol. The molecule has 1 aliphatic heterocycles. The zero-order chi connectivity index (χ0) is 26.3. The number of aromatic nitrogens is 5. The van der Waals surface area contributed by atoms with Crippen molar-refractivity contribution in [3.63, 3.8) is 0 Å². The number of nitrogens with zero attached hydrogens (tertiary/aromatic N) is 5. The average Bonchev–Trinajstić information content (AvgIpc) is 3.15. The number of hydrogen-bond acceptors (Lipinski definition) is 6. The normalized spacial score (nSPS) is 13.5. The summed E-state index contributed by atoms with van der Waals surface area (Å²) in [6, 6.07) is 8.06. The first-order chi connectivity index (χ1) is 17.7. The molecule has 0 saturated carbocycles. The van der Waals surface area contributed by atoms with Gasteiger partial charge in [0.1, 0.15) is 5.39 Å². The van der Waals surface area contributed by atoms with Crippen molar-refractivity contribution in [2.45, 2.75) is 65.5 Å². The van der Waals surface area contributed by atoms with Crippen LogP contribution in [0, 0.1) is 12.3 Å². The number of anilines is 2. The predicted molar refractivity (Wildman–Crippen MR) is 148 cm³/mol. The molecule has 2 N–H and O–H groups in total. The second kappa shape index (κ2) is 9.49. The molecule has 0 atom stereocenters. The number of terminal acetylenes is 1. The number of hydrogen-bond donors (Lipinski definition) is 2. The topological polar surface area (TPSA) is 89.7 Å². The zero-order valence-electron chi connectivity index (χ0n) is 22.1. The van der Waals surface area contributed by atoms with Crippen LogP contribution in [0.4, 0.5) is 11.6 Å². The minimum absolute atomic E-state index is 0.0798. The molecule has 37 heavy (non-hydrogen) atoms. The van der Waals surface area contributed by atoms with Gasteiger partial charge in [0.25, 0.3) is 5.56 Å². The Hall–Kier alpha value is -3.96. The summed E-state index contributed by atoms with van der Waals surface area (Å²) in [6.45, 7) is 12.1. The molecule has 3 aromatic heterocycles. The maximum absolute atomic E-state index is 13.4. The molecule has 0 radical (unpaired) electrons. The summed E-state index contributed by atoms with van der Waals surface area (Å²) < 4.78 is 3.60. The molecular formula is C29H33N7O. The van der Waals surface area contributed by atoms with Gasteiger partial charge in [-0.3, -0.25) is 9.78 Å². The van der Waals surface area contributed by atoms with Crippen LogP contribution in [0.15, 0.2) is 41.5 Å². The molecule has 0 unspecified atom stereocenters. The lowest BCUT2D eigenvalue weighted by Gasteiger charge is -2.21. The molecule has 8 nitrogen and oxygen atoms in total. The zero-order valence-corrected chi connectivity index (χ0v) is 22.1. The maximum atomic E-state index is 13.4. The number of rotatable bonds is 5. The first-order valence-corrected chi connectivity index (χ1v) is 12.7. The molecule has 5 rings (SSSR count). The van der Waals surface area contributed by atoms with E-state index < -0.39 is 0 Å². The van der Waals surface area contributed by atoms with Gasteiger partial charge in [-0.15, -0.1) is 12.3 Å². The maximum Gasteiger partial charge on any atom is 0.278 e. The number of pyridine rings is 1. The Morgan fingerprint density at radius 1 is 1.22 bits per heavy atom. The van der Waals surface area contributed by atoms with Crippen LogP contribution >= 0.6 is 0 Å². The van der Waals surface area contributed by atoms with Crippen LogP contribution in [0.3, 0.4) is 0 Å². The van der Waals surface area contributed by atoms with Gasteiger partial charge in [-0.2, -0.15) is 4.98 Å². The van der Waals surface area contributed by atoms with Gasteiger partial charge in [0.05, 0.1) is 5.69 Å². The smallest absolute Gasteiger partial charge is 0.278 e. The van der Waals surface area contributed by atoms with Gasteiger partial charge in [-0.05, 0) is 67.8 Å². The molecule has 0 fully saturated rings. The van der Waals surface area contributed by atoms with Crippen LogP contribution in [-0.2, 0) is 24.8 Å². The molecule has 0 aliphatic carbocycles. The van der Waals surface area contributed by atoms with Crippen LogP contribution in [-0.4, -0.2) is 30.9 Å². The van der Waals surface area contributed by atoms with E-state index in [1.165, 1.54) is 11.1 Å². The molecule has 0 bridgehead atoms. The minimum atomic E-state index is -0.138. The van der Waals surface area contributed by atoms with Crippen LogP contribution in [0.1, 0.15) is 63.0 Å². The van der Waals surface area contributed by atoms with E-state index in [4.69, 9.17) is 11.4 Å². The van der Waals surface area contributed by atoms with E-state index in [9.17, 15) is 4.79 Å². The Bertz CT molecular complexity index is 1580. The van der Waals surface area contributed by atoms with Gasteiger partial charge < -0.3 is 10.6 Å². The third-order valence-corrected chi connectivity index (χ3v) is 6.72. The highest BCUT2D eigenvalue weighted by atomic mass is 16.1. The number of benzene rings is 1. The summed E-state index contributed by atoms with van der Waals surface area (Å²) >= 11 is 0. The van der Waals surface area contributed by atoms with Crippen molar-refractivity contribution in [1.82, 2.24) is 29.6 Å². The third kappa shape index (κ3) is 4.63. The summed E-state index contributed by atoms with van der Waals surface area (Å²) in [5.41, 5.74) is 6.65. The highest BCUT2D eigenvalue weighted by Crippen LogP contribution is 2.28. The summed E-state index contributed by atoms with van der Waals surface area (Å²) in [5, 5.41) is 7.26. The summed E-state index contributed by atoms with van der Waals surface area (Å²) in [4.78, 5) is 27.3. The fraction of sp³-hybridized carbons (Fsp3) is 0.379. The van der Waals surface area contributed by atoms with E-state index >= 15 is 0 Å². The van der Waals surface area contributed by atoms with E-state index in [2.05, 4.69) is 59.4 Å². The van der Waals surface area contributed by atoms with E-state index in [-0.39, 0.29) is 17.0 Å².